The van der Waals surface area contributed by atoms with Gasteiger partial charge in [-0.05, 0) is 23.8 Å². The second-order valence-electron chi connectivity index (χ2n) is 5.65. The molecule has 6 heteroatoms. The Balaban J connectivity index is 1.71. The zero-order valence-electron chi connectivity index (χ0n) is 13.1. The van der Waals surface area contributed by atoms with E-state index in [-0.39, 0.29) is 5.43 Å². The van der Waals surface area contributed by atoms with Gasteiger partial charge in [0.1, 0.15) is 11.4 Å². The van der Waals surface area contributed by atoms with Gasteiger partial charge in [-0.15, -0.1) is 0 Å². The van der Waals surface area contributed by atoms with Gasteiger partial charge < -0.3 is 0 Å². The molecule has 0 N–H and O–H groups in total. The maximum absolute atomic E-state index is 12.2. The highest BCUT2D eigenvalue weighted by atomic mass is 16.1. The molecule has 118 valence electrons. The first-order valence-electron chi connectivity index (χ1n) is 7.60. The zero-order valence-corrected chi connectivity index (χ0v) is 13.1. The Morgan fingerprint density at radius 3 is 2.92 bits per heavy atom. The molecular formula is C18H15N5O. The van der Waals surface area contributed by atoms with Gasteiger partial charge in [0.05, 0.1) is 17.9 Å². The summed E-state index contributed by atoms with van der Waals surface area (Å²) in [6, 6.07) is 11.5. The van der Waals surface area contributed by atoms with Gasteiger partial charge in [-0.3, -0.25) is 14.5 Å². The second-order valence-corrected chi connectivity index (χ2v) is 5.65. The van der Waals surface area contributed by atoms with E-state index in [0.29, 0.717) is 12.1 Å². The number of hydrogen-bond acceptors (Lipinski definition) is 4. The number of fused-ring (bicyclic) bond motifs is 1. The van der Waals surface area contributed by atoms with Gasteiger partial charge in [-0.25, -0.2) is 4.68 Å². The molecule has 0 atom stereocenters. The first kappa shape index (κ1) is 14.3. The van der Waals surface area contributed by atoms with Crippen LogP contribution in [0.15, 0.2) is 66.0 Å². The van der Waals surface area contributed by atoms with Crippen molar-refractivity contribution in [3.8, 4) is 5.69 Å². The van der Waals surface area contributed by atoms with E-state index in [1.54, 1.807) is 28.0 Å². The zero-order chi connectivity index (χ0) is 16.5. The van der Waals surface area contributed by atoms with Gasteiger partial charge in [0.2, 0.25) is 5.43 Å². The summed E-state index contributed by atoms with van der Waals surface area (Å²) in [5, 5.41) is 9.65. The average Bonchev–Trinajstić information content (AvgIpc) is 3.03. The predicted molar refractivity (Wildman–Crippen MR) is 91.1 cm³/mol. The van der Waals surface area contributed by atoms with Crippen molar-refractivity contribution in [3.05, 3.63) is 82.7 Å². The van der Waals surface area contributed by atoms with Crippen LogP contribution in [0.2, 0.25) is 0 Å². The van der Waals surface area contributed by atoms with E-state index in [0.717, 1.165) is 22.2 Å². The topological polar surface area (TPSA) is 65.6 Å². The molecular weight excluding hydrogens is 302 g/mol. The first-order chi connectivity index (χ1) is 11.7. The van der Waals surface area contributed by atoms with Gasteiger partial charge in [0.25, 0.3) is 0 Å². The van der Waals surface area contributed by atoms with Crippen LogP contribution in [-0.4, -0.2) is 24.5 Å². The minimum atomic E-state index is -0.0681. The van der Waals surface area contributed by atoms with Crippen molar-refractivity contribution in [1.82, 2.24) is 24.5 Å². The summed E-state index contributed by atoms with van der Waals surface area (Å²) < 4.78 is 3.37. The number of benzene rings is 1. The lowest BCUT2D eigenvalue weighted by atomic mass is 10.1. The Kier molecular flexibility index (Phi) is 3.42. The lowest BCUT2D eigenvalue weighted by Crippen LogP contribution is -2.16. The van der Waals surface area contributed by atoms with Crippen LogP contribution in [0.4, 0.5) is 0 Å². The van der Waals surface area contributed by atoms with E-state index >= 15 is 0 Å². The molecule has 6 nitrogen and oxygen atoms in total. The van der Waals surface area contributed by atoms with Crippen molar-refractivity contribution in [2.45, 2.75) is 6.42 Å². The second kappa shape index (κ2) is 5.73. The highest BCUT2D eigenvalue weighted by Gasteiger charge is 2.07. The van der Waals surface area contributed by atoms with Crippen molar-refractivity contribution in [3.63, 3.8) is 0 Å². The summed E-state index contributed by atoms with van der Waals surface area (Å²) >= 11 is 0. The molecule has 0 amide bonds. The van der Waals surface area contributed by atoms with E-state index in [2.05, 4.69) is 15.2 Å². The summed E-state index contributed by atoms with van der Waals surface area (Å²) in [4.78, 5) is 16.5. The largest absolute Gasteiger partial charge is 0.288 e. The molecule has 0 unspecified atom stereocenters. The van der Waals surface area contributed by atoms with Crippen LogP contribution in [0.3, 0.4) is 0 Å². The van der Waals surface area contributed by atoms with Crippen molar-refractivity contribution in [1.29, 1.82) is 0 Å². The maximum Gasteiger partial charge on any atom is 0.203 e. The molecule has 4 rings (SSSR count). The van der Waals surface area contributed by atoms with Gasteiger partial charge >= 0.3 is 0 Å². The lowest BCUT2D eigenvalue weighted by molar-refractivity contribution is 0.762. The highest BCUT2D eigenvalue weighted by Crippen LogP contribution is 2.15. The van der Waals surface area contributed by atoms with Crippen molar-refractivity contribution in [2.24, 2.45) is 7.05 Å². The van der Waals surface area contributed by atoms with Crippen LogP contribution in [0.5, 0.6) is 0 Å². The Bertz CT molecular complexity index is 1080. The Morgan fingerprint density at radius 2 is 2.08 bits per heavy atom. The molecule has 0 radical (unpaired) electrons. The monoisotopic (exact) mass is 317 g/mol. The number of rotatable bonds is 3. The molecule has 0 aliphatic heterocycles. The van der Waals surface area contributed by atoms with E-state index < -0.39 is 0 Å². The van der Waals surface area contributed by atoms with E-state index in [1.807, 2.05) is 43.6 Å². The average molecular weight is 317 g/mol. The molecule has 0 spiro atoms. The van der Waals surface area contributed by atoms with Crippen molar-refractivity contribution < 1.29 is 0 Å². The standard InChI is InChI=1S/C18H15N5O/c1-22-12-15(11-20-22)23-8-6-18(24)17(21-23)10-13-4-5-16-14(9-13)3-2-7-19-16/h2-9,11-12H,10H2,1H3. The van der Waals surface area contributed by atoms with Crippen LogP contribution >= 0.6 is 0 Å². The summed E-state index contributed by atoms with van der Waals surface area (Å²) in [5.74, 6) is 0. The fraction of sp³-hybridized carbons (Fsp3) is 0.111. The van der Waals surface area contributed by atoms with Gasteiger partial charge in [0.15, 0.2) is 0 Å². The number of pyridine rings is 1. The molecule has 0 saturated carbocycles. The summed E-state index contributed by atoms with van der Waals surface area (Å²) in [7, 11) is 1.84. The molecule has 0 aliphatic carbocycles. The molecule has 1 aromatic carbocycles. The minimum Gasteiger partial charge on any atom is -0.288 e. The van der Waals surface area contributed by atoms with E-state index in [4.69, 9.17) is 0 Å². The van der Waals surface area contributed by atoms with Crippen LogP contribution in [0, 0.1) is 0 Å². The first-order valence-corrected chi connectivity index (χ1v) is 7.60. The number of hydrogen-bond donors (Lipinski definition) is 0. The molecule has 0 bridgehead atoms. The molecule has 0 aliphatic rings. The number of nitrogens with zero attached hydrogens (tertiary/aromatic N) is 5. The van der Waals surface area contributed by atoms with Crippen LogP contribution in [-0.2, 0) is 13.5 Å². The Hall–Kier alpha value is -3.28. The van der Waals surface area contributed by atoms with Crippen molar-refractivity contribution >= 4 is 10.9 Å². The minimum absolute atomic E-state index is 0.0681. The van der Waals surface area contributed by atoms with Crippen LogP contribution in [0.25, 0.3) is 16.6 Å². The lowest BCUT2D eigenvalue weighted by Gasteiger charge is -2.06. The predicted octanol–water partition coefficient (Wildman–Crippen LogP) is 2.10. The van der Waals surface area contributed by atoms with Crippen LogP contribution in [0.1, 0.15) is 11.3 Å². The summed E-state index contributed by atoms with van der Waals surface area (Å²) in [6.07, 6.45) is 7.47. The highest BCUT2D eigenvalue weighted by molar-refractivity contribution is 5.78. The third-order valence-corrected chi connectivity index (χ3v) is 3.87. The van der Waals surface area contributed by atoms with E-state index in [9.17, 15) is 4.79 Å². The third kappa shape index (κ3) is 2.69. The maximum atomic E-state index is 12.2. The number of aryl methyl sites for hydroxylation is 1. The summed E-state index contributed by atoms with van der Waals surface area (Å²) in [6.45, 7) is 0. The number of aromatic nitrogens is 5. The molecule has 4 aromatic rings. The smallest absolute Gasteiger partial charge is 0.203 e. The molecule has 24 heavy (non-hydrogen) atoms. The normalized spacial score (nSPS) is 11.0. The fourth-order valence-corrected chi connectivity index (χ4v) is 2.67. The quantitative estimate of drug-likeness (QED) is 0.580. The molecule has 0 saturated heterocycles. The van der Waals surface area contributed by atoms with Crippen molar-refractivity contribution in [2.75, 3.05) is 0 Å². The third-order valence-electron chi connectivity index (χ3n) is 3.87. The fourth-order valence-electron chi connectivity index (χ4n) is 2.67. The Labute approximate surface area is 138 Å². The SMILES string of the molecule is Cn1cc(-n2ccc(=O)c(Cc3ccc4ncccc4c3)n2)cn1. The van der Waals surface area contributed by atoms with Crippen LogP contribution < -0.4 is 5.43 Å². The van der Waals surface area contributed by atoms with E-state index in [1.165, 1.54) is 6.07 Å². The van der Waals surface area contributed by atoms with Gasteiger partial charge in [-0.1, -0.05) is 12.1 Å². The molecule has 0 fully saturated rings. The van der Waals surface area contributed by atoms with Gasteiger partial charge in [0, 0.05) is 37.3 Å². The summed E-state index contributed by atoms with van der Waals surface area (Å²) in [5.41, 5.74) is 3.23. The molecule has 3 heterocycles. The Morgan fingerprint density at radius 1 is 1.17 bits per heavy atom. The molecule has 3 aromatic heterocycles. The van der Waals surface area contributed by atoms with Gasteiger partial charge in [-0.2, -0.15) is 10.2 Å².